The van der Waals surface area contributed by atoms with Gasteiger partial charge in [0, 0.05) is 18.5 Å². The lowest BCUT2D eigenvalue weighted by atomic mass is 9.86. The summed E-state index contributed by atoms with van der Waals surface area (Å²) < 4.78 is 32.2. The molecule has 0 radical (unpaired) electrons. The largest absolute Gasteiger partial charge is 0.367 e. The van der Waals surface area contributed by atoms with Gasteiger partial charge in [0.2, 0.25) is 5.91 Å². The zero-order chi connectivity index (χ0) is 18.4. The van der Waals surface area contributed by atoms with Gasteiger partial charge in [-0.1, -0.05) is 36.4 Å². The summed E-state index contributed by atoms with van der Waals surface area (Å²) in [5.74, 6) is -2.01. The van der Waals surface area contributed by atoms with Crippen molar-refractivity contribution in [1.82, 2.24) is 10.6 Å². The first-order valence-electron chi connectivity index (χ1n) is 8.70. The molecule has 2 atom stereocenters. The van der Waals surface area contributed by atoms with Gasteiger partial charge in [0.15, 0.2) is 11.6 Å². The number of carbonyl (C=O) groups excluding carboxylic acids is 1. The van der Waals surface area contributed by atoms with Gasteiger partial charge in [0.25, 0.3) is 0 Å². The maximum Gasteiger partial charge on any atom is 0.246 e. The van der Waals surface area contributed by atoms with Gasteiger partial charge in [-0.15, -0.1) is 12.4 Å². The molecule has 1 heterocycles. The lowest BCUT2D eigenvalue weighted by molar-refractivity contribution is -0.127. The monoisotopic (exact) mass is 396 g/mol. The highest BCUT2D eigenvalue weighted by atomic mass is 35.5. The number of amides is 1. The van der Waals surface area contributed by atoms with Crippen LogP contribution >= 0.6 is 12.4 Å². The Labute approximate surface area is 163 Å². The van der Waals surface area contributed by atoms with Crippen LogP contribution in [-0.4, -0.2) is 31.6 Å². The van der Waals surface area contributed by atoms with Gasteiger partial charge in [-0.25, -0.2) is 8.78 Å². The molecule has 0 aromatic heterocycles. The summed E-state index contributed by atoms with van der Waals surface area (Å²) in [6.45, 7) is 1.66. The third-order valence-electron chi connectivity index (χ3n) is 4.54. The predicted molar refractivity (Wildman–Crippen MR) is 102 cm³/mol. The minimum Gasteiger partial charge on any atom is -0.367 e. The molecular weight excluding hydrogens is 374 g/mol. The quantitative estimate of drug-likeness (QED) is 0.788. The number of benzene rings is 2. The van der Waals surface area contributed by atoms with Crippen LogP contribution in [0.3, 0.4) is 0 Å². The topological polar surface area (TPSA) is 50.4 Å². The molecule has 2 N–H and O–H groups in total. The summed E-state index contributed by atoms with van der Waals surface area (Å²) in [6.07, 6.45) is 0.737. The second-order valence-electron chi connectivity index (χ2n) is 6.43. The fourth-order valence-corrected chi connectivity index (χ4v) is 3.24. The lowest BCUT2D eigenvalue weighted by Gasteiger charge is -2.33. The highest BCUT2D eigenvalue weighted by molar-refractivity contribution is 5.85. The summed E-state index contributed by atoms with van der Waals surface area (Å²) in [5.41, 5.74) is 1.69. The second kappa shape index (κ2) is 10.3. The summed E-state index contributed by atoms with van der Waals surface area (Å²) in [4.78, 5) is 12.2. The van der Waals surface area contributed by atoms with Crippen LogP contribution in [0.1, 0.15) is 23.5 Å². The Bertz CT molecular complexity index is 746. The van der Waals surface area contributed by atoms with Crippen molar-refractivity contribution in [3.8, 4) is 0 Å². The van der Waals surface area contributed by atoms with Crippen molar-refractivity contribution in [2.24, 2.45) is 0 Å². The molecule has 0 saturated carbocycles. The van der Waals surface area contributed by atoms with E-state index in [1.54, 1.807) is 6.07 Å². The Hall–Kier alpha value is -2.02. The summed E-state index contributed by atoms with van der Waals surface area (Å²) in [5, 5.41) is 6.17. The maximum atomic E-state index is 13.6. The molecule has 0 bridgehead atoms. The van der Waals surface area contributed by atoms with Crippen molar-refractivity contribution in [2.45, 2.75) is 25.0 Å². The fraction of sp³-hybridized carbons (Fsp3) is 0.350. The number of hydrogen-bond acceptors (Lipinski definition) is 3. The fourth-order valence-electron chi connectivity index (χ4n) is 3.24. The molecule has 146 valence electrons. The van der Waals surface area contributed by atoms with E-state index in [0.717, 1.165) is 24.6 Å². The summed E-state index contributed by atoms with van der Waals surface area (Å²) in [6, 6.07) is 13.4. The zero-order valence-corrected chi connectivity index (χ0v) is 15.6. The highest BCUT2D eigenvalue weighted by Gasteiger charge is 2.28. The van der Waals surface area contributed by atoms with E-state index < -0.39 is 11.6 Å². The number of nitrogens with one attached hydrogen (secondary N) is 2. The summed E-state index contributed by atoms with van der Waals surface area (Å²) in [7, 11) is 0. The molecule has 1 fully saturated rings. The number of halogens is 3. The van der Waals surface area contributed by atoms with Gasteiger partial charge in [0.05, 0.1) is 6.61 Å². The lowest BCUT2D eigenvalue weighted by Crippen LogP contribution is -2.50. The van der Waals surface area contributed by atoms with Crippen LogP contribution in [0.5, 0.6) is 0 Å². The van der Waals surface area contributed by atoms with Crippen molar-refractivity contribution in [1.29, 1.82) is 0 Å². The highest BCUT2D eigenvalue weighted by Crippen LogP contribution is 2.27. The van der Waals surface area contributed by atoms with Gasteiger partial charge >= 0.3 is 0 Å². The molecule has 27 heavy (non-hydrogen) atoms. The van der Waals surface area contributed by atoms with E-state index in [2.05, 4.69) is 10.6 Å². The third-order valence-corrected chi connectivity index (χ3v) is 4.54. The van der Waals surface area contributed by atoms with E-state index >= 15 is 0 Å². The average molecular weight is 397 g/mol. The first kappa shape index (κ1) is 21.3. The first-order valence-corrected chi connectivity index (χ1v) is 8.70. The molecule has 0 spiro atoms. The predicted octanol–water partition coefficient (Wildman–Crippen LogP) is 3.17. The van der Waals surface area contributed by atoms with Crippen molar-refractivity contribution in [3.63, 3.8) is 0 Å². The average Bonchev–Trinajstić information content (AvgIpc) is 2.65. The molecule has 7 heteroatoms. The van der Waals surface area contributed by atoms with Crippen LogP contribution < -0.4 is 10.6 Å². The van der Waals surface area contributed by atoms with Crippen molar-refractivity contribution in [2.75, 3.05) is 19.7 Å². The van der Waals surface area contributed by atoms with E-state index in [1.807, 2.05) is 30.3 Å². The minimum atomic E-state index is -0.864. The third kappa shape index (κ3) is 5.99. The Morgan fingerprint density at radius 2 is 1.93 bits per heavy atom. The number of ether oxygens (including phenoxy) is 1. The van der Waals surface area contributed by atoms with E-state index in [-0.39, 0.29) is 36.9 Å². The Morgan fingerprint density at radius 3 is 2.67 bits per heavy atom. The molecule has 2 unspecified atom stereocenters. The molecule has 3 rings (SSSR count). The Balaban J connectivity index is 0.00000261. The first-order chi connectivity index (χ1) is 12.6. The molecule has 2 aromatic carbocycles. The number of rotatable bonds is 6. The minimum absolute atomic E-state index is 0. The molecule has 1 amide bonds. The zero-order valence-electron chi connectivity index (χ0n) is 14.8. The molecular formula is C20H23ClF2N2O2. The Morgan fingerprint density at radius 1 is 1.15 bits per heavy atom. The summed E-state index contributed by atoms with van der Waals surface area (Å²) >= 11 is 0. The molecule has 1 aliphatic heterocycles. The van der Waals surface area contributed by atoms with Gasteiger partial charge < -0.3 is 15.4 Å². The number of carbonyl (C=O) groups is 1. The van der Waals surface area contributed by atoms with Crippen LogP contribution in [0.4, 0.5) is 8.78 Å². The van der Waals surface area contributed by atoms with E-state index in [0.29, 0.717) is 18.7 Å². The normalized spacial score (nSPS) is 19.2. The standard InChI is InChI=1S/C20H22F2N2O2.ClH/c21-17-7-6-15(10-18(17)22)16-8-9-23-11-19(16)24-20(25)13-26-12-14-4-2-1-3-5-14;/h1-7,10,16,19,23H,8-9,11-13H2,(H,24,25);1H. The van der Waals surface area contributed by atoms with Gasteiger partial charge in [-0.2, -0.15) is 0 Å². The van der Waals surface area contributed by atoms with Crippen molar-refractivity contribution in [3.05, 3.63) is 71.3 Å². The van der Waals surface area contributed by atoms with Gasteiger partial charge in [-0.05, 0) is 36.2 Å². The van der Waals surface area contributed by atoms with Crippen molar-refractivity contribution < 1.29 is 18.3 Å². The van der Waals surface area contributed by atoms with Crippen LogP contribution in [0, 0.1) is 11.6 Å². The maximum absolute atomic E-state index is 13.6. The van der Waals surface area contributed by atoms with Crippen LogP contribution in [0.15, 0.2) is 48.5 Å². The molecule has 2 aromatic rings. The molecule has 4 nitrogen and oxygen atoms in total. The SMILES string of the molecule is Cl.O=C(COCc1ccccc1)NC1CNCCC1c1ccc(F)c(F)c1. The van der Waals surface area contributed by atoms with E-state index in [9.17, 15) is 13.6 Å². The van der Waals surface area contributed by atoms with Crippen LogP contribution in [0.2, 0.25) is 0 Å². The van der Waals surface area contributed by atoms with Crippen LogP contribution in [0.25, 0.3) is 0 Å². The van der Waals surface area contributed by atoms with Crippen LogP contribution in [-0.2, 0) is 16.1 Å². The van der Waals surface area contributed by atoms with Gasteiger partial charge in [0.1, 0.15) is 6.61 Å². The smallest absolute Gasteiger partial charge is 0.246 e. The number of piperidine rings is 1. The van der Waals surface area contributed by atoms with E-state index in [4.69, 9.17) is 4.74 Å². The Kier molecular flexibility index (Phi) is 8.16. The van der Waals surface area contributed by atoms with E-state index in [1.165, 1.54) is 6.07 Å². The molecule has 0 aliphatic carbocycles. The molecule has 1 saturated heterocycles. The molecule has 1 aliphatic rings. The van der Waals surface area contributed by atoms with Gasteiger partial charge in [-0.3, -0.25) is 4.79 Å². The van der Waals surface area contributed by atoms with Crippen molar-refractivity contribution >= 4 is 18.3 Å². The second-order valence-corrected chi connectivity index (χ2v) is 6.43. The number of hydrogen-bond donors (Lipinski definition) is 2.